The van der Waals surface area contributed by atoms with Gasteiger partial charge in [-0.3, -0.25) is 4.79 Å². The van der Waals surface area contributed by atoms with E-state index < -0.39 is 15.5 Å². The summed E-state index contributed by atoms with van der Waals surface area (Å²) in [5.41, 5.74) is -0.499. The second-order valence-corrected chi connectivity index (χ2v) is 7.18. The average molecular weight is 303 g/mol. The van der Waals surface area contributed by atoms with Crippen molar-refractivity contribution in [2.75, 3.05) is 37.7 Å². The predicted octanol–water partition coefficient (Wildman–Crippen LogP) is -0.298. The van der Waals surface area contributed by atoms with Crippen LogP contribution >= 0.6 is 11.8 Å². The molecule has 0 radical (unpaired) electrons. The Hall–Kier alpha value is -0.830. The molecule has 2 N–H and O–H groups in total. The molecule has 0 bridgehead atoms. The van der Waals surface area contributed by atoms with Gasteiger partial charge in [-0.05, 0) is 0 Å². The van der Waals surface area contributed by atoms with Crippen LogP contribution in [-0.2, 0) is 10.0 Å². The van der Waals surface area contributed by atoms with Gasteiger partial charge in [-0.1, -0.05) is 0 Å². The molecule has 1 saturated heterocycles. The number of sulfonamides is 1. The summed E-state index contributed by atoms with van der Waals surface area (Å²) < 4.78 is 26.3. The fraction of sp³-hybridized carbons (Fsp3) is 0.545. The first kappa shape index (κ1) is 14.6. The van der Waals surface area contributed by atoms with Crippen LogP contribution in [-0.4, -0.2) is 56.0 Å². The number of nitrogens with one attached hydrogen (secondary N) is 2. The molecular weight excluding hydrogens is 286 g/mol. The van der Waals surface area contributed by atoms with Crippen molar-refractivity contribution < 1.29 is 8.42 Å². The Morgan fingerprint density at radius 2 is 2.11 bits per heavy atom. The van der Waals surface area contributed by atoms with Crippen LogP contribution in [0.4, 0.5) is 0 Å². The van der Waals surface area contributed by atoms with Crippen LogP contribution in [0.15, 0.2) is 28.2 Å². The van der Waals surface area contributed by atoms with Crippen molar-refractivity contribution in [3.8, 4) is 0 Å². The highest BCUT2D eigenvalue weighted by Crippen LogP contribution is 2.08. The van der Waals surface area contributed by atoms with Gasteiger partial charge in [0.15, 0.2) is 0 Å². The molecule has 1 aromatic rings. The molecule has 106 valence electrons. The molecule has 6 nitrogen and oxygen atoms in total. The maximum Gasteiger partial charge on any atom is 0.245 e. The maximum atomic E-state index is 11.9. The lowest BCUT2D eigenvalue weighted by molar-refractivity contribution is 0.307. The van der Waals surface area contributed by atoms with Gasteiger partial charge in [0.2, 0.25) is 15.5 Å². The molecule has 0 spiro atoms. The van der Waals surface area contributed by atoms with Gasteiger partial charge in [-0.2, -0.15) is 11.8 Å². The maximum absolute atomic E-state index is 11.9. The number of hydrogen-bond acceptors (Lipinski definition) is 5. The molecule has 0 unspecified atom stereocenters. The molecule has 19 heavy (non-hydrogen) atoms. The van der Waals surface area contributed by atoms with Gasteiger partial charge in [0.05, 0.1) is 0 Å². The molecule has 0 aliphatic carbocycles. The number of hydrogen-bond donors (Lipinski definition) is 2. The van der Waals surface area contributed by atoms with Gasteiger partial charge >= 0.3 is 0 Å². The molecule has 0 atom stereocenters. The van der Waals surface area contributed by atoms with Crippen LogP contribution in [0, 0.1) is 0 Å². The predicted molar refractivity (Wildman–Crippen MR) is 76.0 cm³/mol. The van der Waals surface area contributed by atoms with E-state index in [1.807, 2.05) is 11.8 Å². The van der Waals surface area contributed by atoms with Crippen molar-refractivity contribution >= 4 is 21.8 Å². The number of nitrogens with zero attached hydrogens (tertiary/aromatic N) is 1. The summed E-state index contributed by atoms with van der Waals surface area (Å²) in [5, 5.41) is 0. The first-order valence-electron chi connectivity index (χ1n) is 6.06. The number of aromatic nitrogens is 1. The minimum atomic E-state index is -3.72. The van der Waals surface area contributed by atoms with Gasteiger partial charge in [-0.15, -0.1) is 0 Å². The highest BCUT2D eigenvalue weighted by molar-refractivity contribution is 7.99. The summed E-state index contributed by atoms with van der Waals surface area (Å²) in [6, 6.07) is 1.20. The third-order valence-corrected chi connectivity index (χ3v) is 5.33. The summed E-state index contributed by atoms with van der Waals surface area (Å²) in [6.45, 7) is 2.96. The van der Waals surface area contributed by atoms with Crippen molar-refractivity contribution in [3.63, 3.8) is 0 Å². The fourth-order valence-corrected chi connectivity index (χ4v) is 3.90. The largest absolute Gasteiger partial charge is 0.366 e. The summed E-state index contributed by atoms with van der Waals surface area (Å²) in [4.78, 5) is 16.1. The molecule has 1 aliphatic heterocycles. The van der Waals surface area contributed by atoms with E-state index in [0.717, 1.165) is 24.6 Å². The Bertz CT molecular complexity index is 565. The number of H-pyrrole nitrogens is 1. The molecule has 0 aromatic carbocycles. The van der Waals surface area contributed by atoms with Crippen molar-refractivity contribution in [2.45, 2.75) is 4.90 Å². The average Bonchev–Trinajstić information content (AvgIpc) is 2.40. The van der Waals surface area contributed by atoms with E-state index in [2.05, 4.69) is 14.6 Å². The highest BCUT2D eigenvalue weighted by Gasteiger charge is 2.18. The van der Waals surface area contributed by atoms with Crippen LogP contribution in [0.5, 0.6) is 0 Å². The molecular formula is C11H17N3O3S2. The Morgan fingerprint density at radius 3 is 2.79 bits per heavy atom. The fourth-order valence-electron chi connectivity index (χ4n) is 1.85. The first-order chi connectivity index (χ1) is 9.09. The lowest BCUT2D eigenvalue weighted by Crippen LogP contribution is -2.39. The smallest absolute Gasteiger partial charge is 0.245 e. The molecule has 0 amide bonds. The molecule has 2 heterocycles. The molecule has 1 aromatic heterocycles. The van der Waals surface area contributed by atoms with E-state index in [-0.39, 0.29) is 4.90 Å². The van der Waals surface area contributed by atoms with Crippen LogP contribution in [0.3, 0.4) is 0 Å². The van der Waals surface area contributed by atoms with Crippen LogP contribution in [0.1, 0.15) is 0 Å². The van der Waals surface area contributed by atoms with Gasteiger partial charge in [0.25, 0.3) is 0 Å². The van der Waals surface area contributed by atoms with Crippen LogP contribution in [0.2, 0.25) is 0 Å². The van der Waals surface area contributed by atoms with Gasteiger partial charge in [0.1, 0.15) is 4.90 Å². The third-order valence-electron chi connectivity index (χ3n) is 2.90. The van der Waals surface area contributed by atoms with E-state index >= 15 is 0 Å². The zero-order chi connectivity index (χ0) is 13.7. The number of aromatic amines is 1. The quantitative estimate of drug-likeness (QED) is 0.780. The minimum Gasteiger partial charge on any atom is -0.366 e. The second kappa shape index (κ2) is 6.56. The van der Waals surface area contributed by atoms with Crippen molar-refractivity contribution in [3.05, 3.63) is 28.7 Å². The van der Waals surface area contributed by atoms with Crippen LogP contribution in [0.25, 0.3) is 0 Å². The van der Waals surface area contributed by atoms with E-state index in [0.29, 0.717) is 13.1 Å². The third kappa shape index (κ3) is 4.07. The van der Waals surface area contributed by atoms with E-state index in [1.165, 1.54) is 18.5 Å². The van der Waals surface area contributed by atoms with E-state index in [9.17, 15) is 13.2 Å². The standard InChI is InChI=1S/C11H17N3O3S2/c15-10-1-2-12-9-11(10)19(16,17)13-3-4-14-5-7-18-8-6-14/h1-2,9,13H,3-8H2,(H,12,15). The van der Waals surface area contributed by atoms with Crippen molar-refractivity contribution in [1.29, 1.82) is 0 Å². The van der Waals surface area contributed by atoms with Gasteiger partial charge in [-0.25, -0.2) is 13.1 Å². The second-order valence-electron chi connectivity index (χ2n) is 4.22. The Kier molecular flexibility index (Phi) is 5.03. The van der Waals surface area contributed by atoms with Crippen molar-refractivity contribution in [2.24, 2.45) is 0 Å². The molecule has 1 aliphatic rings. The topological polar surface area (TPSA) is 82.3 Å². The normalized spacial score (nSPS) is 17.5. The zero-order valence-corrected chi connectivity index (χ0v) is 12.1. The lowest BCUT2D eigenvalue weighted by atomic mass is 10.5. The number of pyridine rings is 1. The van der Waals surface area contributed by atoms with Gasteiger partial charge in [0, 0.05) is 56.1 Å². The first-order valence-corrected chi connectivity index (χ1v) is 8.70. The molecule has 1 fully saturated rings. The summed E-state index contributed by atoms with van der Waals surface area (Å²) in [6.07, 6.45) is 2.62. The summed E-state index contributed by atoms with van der Waals surface area (Å²) in [5.74, 6) is 2.18. The lowest BCUT2D eigenvalue weighted by Gasteiger charge is -2.25. The SMILES string of the molecule is O=c1cc[nH]cc1S(=O)(=O)NCCN1CCSCC1. The Morgan fingerprint density at radius 1 is 1.37 bits per heavy atom. The monoisotopic (exact) mass is 303 g/mol. The van der Waals surface area contributed by atoms with Gasteiger partial charge < -0.3 is 9.88 Å². The zero-order valence-electron chi connectivity index (χ0n) is 10.5. The number of rotatable bonds is 5. The Labute approximate surface area is 116 Å². The number of thioether (sulfide) groups is 1. The van der Waals surface area contributed by atoms with Crippen molar-refractivity contribution in [1.82, 2.24) is 14.6 Å². The summed E-state index contributed by atoms with van der Waals surface area (Å²) in [7, 11) is -3.72. The molecule has 2 rings (SSSR count). The Balaban J connectivity index is 1.91. The molecule has 8 heteroatoms. The summed E-state index contributed by atoms with van der Waals surface area (Å²) >= 11 is 1.91. The minimum absolute atomic E-state index is 0.232. The van der Waals surface area contributed by atoms with Crippen LogP contribution < -0.4 is 10.2 Å². The van der Waals surface area contributed by atoms with E-state index in [4.69, 9.17) is 0 Å². The van der Waals surface area contributed by atoms with E-state index in [1.54, 1.807) is 0 Å². The highest BCUT2D eigenvalue weighted by atomic mass is 32.2. The molecule has 0 saturated carbocycles.